The summed E-state index contributed by atoms with van der Waals surface area (Å²) in [6.07, 6.45) is 5.67. The summed E-state index contributed by atoms with van der Waals surface area (Å²) in [5, 5.41) is 31.9. The summed E-state index contributed by atoms with van der Waals surface area (Å²) in [6.45, 7) is 19.1. The lowest BCUT2D eigenvalue weighted by molar-refractivity contribution is 0.0685. The van der Waals surface area contributed by atoms with Gasteiger partial charge < -0.3 is 38.5 Å². The van der Waals surface area contributed by atoms with E-state index >= 15 is 0 Å². The third-order valence-electron chi connectivity index (χ3n) is 18.8. The maximum atomic E-state index is 13.8. The van der Waals surface area contributed by atoms with Crippen molar-refractivity contribution in [2.75, 3.05) is 20.3 Å². The molecule has 14 nitrogen and oxygen atoms in total. The lowest BCUT2D eigenvalue weighted by Gasteiger charge is -2.18. The average Bonchev–Trinajstić information content (AvgIpc) is 1.59. The number of aryl methyl sites for hydroxylation is 1. The molecule has 0 bridgehead atoms. The molecule has 0 unspecified atom stereocenters. The van der Waals surface area contributed by atoms with Crippen LogP contribution in [0.2, 0.25) is 0 Å². The predicted octanol–water partition coefficient (Wildman–Crippen LogP) is 19.2. The van der Waals surface area contributed by atoms with E-state index in [9.17, 15) is 42.9 Å². The molecule has 3 aliphatic rings. The van der Waals surface area contributed by atoms with E-state index in [4.69, 9.17) is 9.47 Å². The number of nitrogens with zero attached hydrogens (tertiary/aromatic N) is 6. The molecule has 100 heavy (non-hydrogen) atoms. The molecule has 0 spiro atoms. The minimum absolute atomic E-state index is 0.0898. The van der Waals surface area contributed by atoms with Gasteiger partial charge in [0.15, 0.2) is 0 Å². The Balaban J connectivity index is 0.000000135. The lowest BCUT2D eigenvalue weighted by Crippen LogP contribution is -2.07. The Kier molecular flexibility index (Phi) is 18.4. The van der Waals surface area contributed by atoms with Gasteiger partial charge in [0.1, 0.15) is 29.8 Å². The molecule has 0 amide bonds. The van der Waals surface area contributed by atoms with Crippen LogP contribution in [0.15, 0.2) is 179 Å². The first-order valence-corrected chi connectivity index (χ1v) is 33.2. The molecule has 0 aliphatic carbocycles. The van der Waals surface area contributed by atoms with Crippen LogP contribution in [0.25, 0.3) is 83.2 Å². The zero-order valence-corrected chi connectivity index (χ0v) is 56.8. The molecule has 3 N–H and O–H groups in total. The van der Waals surface area contributed by atoms with Gasteiger partial charge in [0.25, 0.3) is 0 Å². The van der Waals surface area contributed by atoms with Gasteiger partial charge in [-0.3, -0.25) is 15.0 Å². The van der Waals surface area contributed by atoms with Crippen LogP contribution >= 0.6 is 0 Å². The Hall–Kier alpha value is -11.4. The first-order chi connectivity index (χ1) is 48.1. The van der Waals surface area contributed by atoms with Crippen molar-refractivity contribution in [1.82, 2.24) is 13.7 Å². The molecule has 0 saturated carbocycles. The smallest absolute Gasteiger partial charge is 0.335 e. The Morgan fingerprint density at radius 1 is 0.450 bits per heavy atom. The molecule has 0 fully saturated rings. The summed E-state index contributed by atoms with van der Waals surface area (Å²) >= 11 is 0. The van der Waals surface area contributed by atoms with Gasteiger partial charge in [0, 0.05) is 98.3 Å². The lowest BCUT2D eigenvalue weighted by atomic mass is 9.91. The molecule has 3 aliphatic heterocycles. The number of methoxy groups -OCH3 is 1. The number of halogens is 3. The van der Waals surface area contributed by atoms with E-state index in [-0.39, 0.29) is 52.9 Å². The summed E-state index contributed by atoms with van der Waals surface area (Å²) in [5.41, 5.74) is 23.6. The van der Waals surface area contributed by atoms with Crippen LogP contribution in [0.3, 0.4) is 0 Å². The number of carbonyl (C=O) groups is 3. The Bertz CT molecular complexity index is 5370. The largest absolute Gasteiger partial charge is 0.491 e. The standard InChI is InChI=1S/C29H27FN2O4.2C27H23FN2O2/c1-17(2)28-27(23-9-4-18(29(33)34)14-26(23)36-11-10-35-3)24-12-19-15-31-16-20(19)13-25(24)32(28)22-7-5-21(30)6-8-22;1-15(2)26-25(22-9-4-17(27(31)32)10-16(22)3)23-11-18-13-29-14-19(18)12-24(23)30(26)21-7-5-20(28)6-8-21;1-15(2)26-25(21-5-4-6-22(16(21)3)27(31)32)23-11-17-13-29-14-18(17)12-24(23)30(26)20-9-7-19(28)8-10-20/h4-9,12-14,16-17H,10-11,15H2,1-3H3,(H,33,34);2*4-12,14-15H,13H2,1-3H3,(H,31,32). The molecule has 0 radical (unpaired) electrons. The van der Waals surface area contributed by atoms with Crippen molar-refractivity contribution in [3.63, 3.8) is 0 Å². The second-order valence-corrected chi connectivity index (χ2v) is 26.3. The Morgan fingerprint density at radius 3 is 1.20 bits per heavy atom. The van der Waals surface area contributed by atoms with E-state index in [2.05, 4.69) is 107 Å². The van der Waals surface area contributed by atoms with Crippen LogP contribution in [0.4, 0.5) is 13.2 Å². The summed E-state index contributed by atoms with van der Waals surface area (Å²) < 4.78 is 59.0. The predicted molar refractivity (Wildman–Crippen MR) is 390 cm³/mol. The van der Waals surface area contributed by atoms with Gasteiger partial charge in [-0.25, -0.2) is 27.6 Å². The van der Waals surface area contributed by atoms with Crippen molar-refractivity contribution in [3.8, 4) is 56.2 Å². The Morgan fingerprint density at radius 2 is 0.830 bits per heavy atom. The van der Waals surface area contributed by atoms with E-state index in [1.165, 1.54) is 42.0 Å². The van der Waals surface area contributed by atoms with Crippen LogP contribution in [-0.2, 0) is 24.4 Å². The van der Waals surface area contributed by atoms with E-state index < -0.39 is 17.9 Å². The second kappa shape index (κ2) is 27.5. The molecular weight excluding hydrogens is 1270 g/mol. The Labute approximate surface area is 576 Å². The number of hydrogen-bond acceptors (Lipinski definition) is 8. The molecule has 12 aromatic rings. The van der Waals surface area contributed by atoms with Crippen LogP contribution in [0, 0.1) is 31.3 Å². The number of ether oxygens (including phenoxy) is 2. The summed E-state index contributed by atoms with van der Waals surface area (Å²) in [4.78, 5) is 48.3. The number of carboxylic acids is 3. The van der Waals surface area contributed by atoms with Crippen LogP contribution in [0.1, 0.15) is 152 Å². The maximum Gasteiger partial charge on any atom is 0.335 e. The number of benzene rings is 9. The second-order valence-electron chi connectivity index (χ2n) is 26.3. The molecule has 0 saturated heterocycles. The van der Waals surface area contributed by atoms with Gasteiger partial charge >= 0.3 is 17.9 Å². The van der Waals surface area contributed by atoms with Crippen molar-refractivity contribution in [3.05, 3.63) is 260 Å². The van der Waals surface area contributed by atoms with E-state index in [0.29, 0.717) is 37.6 Å². The molecule has 9 aromatic carbocycles. The first kappa shape index (κ1) is 67.2. The van der Waals surface area contributed by atoms with Gasteiger partial charge in [-0.1, -0.05) is 59.7 Å². The molecule has 504 valence electrons. The number of carboxylic acid groups (broad SMARTS) is 3. The van der Waals surface area contributed by atoms with Crippen molar-refractivity contribution in [2.45, 2.75) is 92.8 Å². The molecule has 17 heteroatoms. The highest BCUT2D eigenvalue weighted by Gasteiger charge is 2.30. The fraction of sp³-hybridized carbons (Fsp3) is 0.205. The van der Waals surface area contributed by atoms with Gasteiger partial charge in [0.05, 0.1) is 59.5 Å². The summed E-state index contributed by atoms with van der Waals surface area (Å²) in [5.74, 6) is -2.88. The highest BCUT2D eigenvalue weighted by Crippen LogP contribution is 2.48. The normalized spacial score (nSPS) is 12.6. The monoisotopic (exact) mass is 1340 g/mol. The van der Waals surface area contributed by atoms with Crippen molar-refractivity contribution in [2.24, 2.45) is 15.0 Å². The maximum absolute atomic E-state index is 13.8. The van der Waals surface area contributed by atoms with Gasteiger partial charge in [-0.05, 0) is 233 Å². The van der Waals surface area contributed by atoms with Crippen LogP contribution < -0.4 is 4.74 Å². The number of aromatic carboxylic acids is 3. The average molecular weight is 1340 g/mol. The zero-order valence-electron chi connectivity index (χ0n) is 56.8. The van der Waals surface area contributed by atoms with E-state index in [1.807, 2.05) is 50.7 Å². The van der Waals surface area contributed by atoms with E-state index in [0.717, 1.165) is 139 Å². The fourth-order valence-corrected chi connectivity index (χ4v) is 14.3. The minimum Gasteiger partial charge on any atom is -0.491 e. The number of rotatable bonds is 16. The molecule has 0 atom stereocenters. The number of hydrogen-bond donors (Lipinski definition) is 3. The SMILES string of the molecule is COCCOc1cc(C(=O)O)ccc1-c1c(C(C)C)n(-c2ccc(F)cc2)c2cc3c(cc12)CN=C3.Cc1c(C(=O)O)cccc1-c1c(C(C)C)n(-c2ccc(F)cc2)c2cc3c(cc12)CN=C3.Cc1cc(C(=O)O)ccc1-c1c(C(C)C)n(-c2ccc(F)cc2)c2cc3c(cc12)CN=C3. The minimum atomic E-state index is -1.02. The third-order valence-corrected chi connectivity index (χ3v) is 18.8. The van der Waals surface area contributed by atoms with E-state index in [1.54, 1.807) is 79.9 Å². The number of fused-ring (bicyclic) bond motifs is 6. The molecular formula is C83H73F3N6O8. The third kappa shape index (κ3) is 12.5. The van der Waals surface area contributed by atoms with Crippen LogP contribution in [0.5, 0.6) is 5.75 Å². The topological polar surface area (TPSA) is 182 Å². The van der Waals surface area contributed by atoms with Crippen molar-refractivity contribution in [1.29, 1.82) is 0 Å². The molecule has 15 rings (SSSR count). The quantitative estimate of drug-likeness (QED) is 0.0799. The van der Waals surface area contributed by atoms with Crippen molar-refractivity contribution >= 4 is 69.3 Å². The molecule has 6 heterocycles. The highest BCUT2D eigenvalue weighted by molar-refractivity contribution is 6.08. The zero-order chi connectivity index (χ0) is 70.5. The van der Waals surface area contributed by atoms with Crippen LogP contribution in [-0.4, -0.2) is 85.9 Å². The van der Waals surface area contributed by atoms with Gasteiger partial charge in [-0.15, -0.1) is 0 Å². The summed E-state index contributed by atoms with van der Waals surface area (Å²) in [6, 6.07) is 48.1. The van der Waals surface area contributed by atoms with Gasteiger partial charge in [-0.2, -0.15) is 0 Å². The van der Waals surface area contributed by atoms with Gasteiger partial charge in [0.2, 0.25) is 0 Å². The first-order valence-electron chi connectivity index (χ1n) is 33.2. The number of aliphatic imine (C=N–C) groups is 3. The number of aromatic nitrogens is 3. The fourth-order valence-electron chi connectivity index (χ4n) is 14.3. The highest BCUT2D eigenvalue weighted by atomic mass is 19.1. The van der Waals surface area contributed by atoms with Crippen molar-refractivity contribution < 1.29 is 52.3 Å². The summed E-state index contributed by atoms with van der Waals surface area (Å²) in [7, 11) is 1.59. The molecule has 3 aromatic heterocycles.